The van der Waals surface area contributed by atoms with Gasteiger partial charge in [0, 0.05) is 54.4 Å². The second kappa shape index (κ2) is 15.4. The number of rotatable bonds is 14. The Morgan fingerprint density at radius 2 is 1.55 bits per heavy atom. The molecule has 1 spiro atoms. The predicted octanol–water partition coefficient (Wildman–Crippen LogP) is 8.44. The standard InChI is InChI=1S/C35H49N3O4S.ClH/c1-4-5-6-7-8-9-10-13-23-38-33(40)42-35(34(38,3)41)19-24-36(25-20-35)21-14-22-37-29-15-11-12-16-31(29)43-32-18-17-28(27(2)39)26-30(32)37;/h11-12,15-18,26,41H,4-10,13-14,19-25H2,1-3H3;1H. The summed E-state index contributed by atoms with van der Waals surface area (Å²) in [5.74, 6) is 0.0775. The van der Waals surface area contributed by atoms with Gasteiger partial charge in [-0.2, -0.15) is 0 Å². The molecule has 2 aromatic rings. The van der Waals surface area contributed by atoms with E-state index in [0.717, 1.165) is 56.7 Å². The van der Waals surface area contributed by atoms with Crippen molar-refractivity contribution in [2.24, 2.45) is 0 Å². The molecule has 0 aromatic heterocycles. The van der Waals surface area contributed by atoms with Crippen LogP contribution in [-0.4, -0.2) is 70.8 Å². The van der Waals surface area contributed by atoms with Gasteiger partial charge < -0.3 is 19.6 Å². The Morgan fingerprint density at radius 3 is 2.25 bits per heavy atom. The van der Waals surface area contributed by atoms with Crippen molar-refractivity contribution in [2.45, 2.75) is 113 Å². The van der Waals surface area contributed by atoms with E-state index in [9.17, 15) is 14.7 Å². The average molecular weight is 644 g/mol. The van der Waals surface area contributed by atoms with E-state index in [2.05, 4.69) is 47.1 Å². The zero-order valence-electron chi connectivity index (χ0n) is 26.7. The molecule has 3 aliphatic heterocycles. The molecule has 9 heteroatoms. The summed E-state index contributed by atoms with van der Waals surface area (Å²) in [7, 11) is 0. The number of Topliss-reactive ketones (excluding diaryl/α,β-unsaturated/α-hetero) is 1. The lowest BCUT2D eigenvalue weighted by atomic mass is 9.82. The molecule has 0 saturated carbocycles. The molecular weight excluding hydrogens is 594 g/mol. The first-order chi connectivity index (χ1) is 20.8. The summed E-state index contributed by atoms with van der Waals surface area (Å²) in [6.07, 6.45) is 11.4. The van der Waals surface area contributed by atoms with Crippen LogP contribution in [0.3, 0.4) is 0 Å². The number of hydrogen-bond donors (Lipinski definition) is 1. The van der Waals surface area contributed by atoms with E-state index in [1.165, 1.54) is 54.0 Å². The van der Waals surface area contributed by atoms with Crippen molar-refractivity contribution in [1.82, 2.24) is 9.80 Å². The van der Waals surface area contributed by atoms with Gasteiger partial charge in [-0.1, -0.05) is 81.8 Å². The van der Waals surface area contributed by atoms with E-state index < -0.39 is 11.3 Å². The van der Waals surface area contributed by atoms with Gasteiger partial charge in [-0.05, 0) is 57.5 Å². The van der Waals surface area contributed by atoms with Crippen LogP contribution >= 0.6 is 24.2 Å². The highest BCUT2D eigenvalue weighted by atomic mass is 35.5. The molecule has 1 amide bonds. The number of amides is 1. The minimum Gasteiger partial charge on any atom is -0.437 e. The molecule has 3 heterocycles. The number of likely N-dealkylation sites (tertiary alicyclic amines) is 1. The van der Waals surface area contributed by atoms with Gasteiger partial charge in [0.25, 0.3) is 0 Å². The molecular formula is C35H50ClN3O4S. The molecule has 1 unspecified atom stereocenters. The van der Waals surface area contributed by atoms with E-state index >= 15 is 0 Å². The number of nitrogens with zero attached hydrogens (tertiary/aromatic N) is 3. The first-order valence-corrected chi connectivity index (χ1v) is 17.2. The normalized spacial score (nSPS) is 20.7. The van der Waals surface area contributed by atoms with Crippen molar-refractivity contribution in [1.29, 1.82) is 0 Å². The molecule has 1 atom stereocenters. The first-order valence-electron chi connectivity index (χ1n) is 16.4. The van der Waals surface area contributed by atoms with Gasteiger partial charge in [-0.3, -0.25) is 9.69 Å². The maximum atomic E-state index is 12.9. The number of ether oxygens (including phenoxy) is 1. The minimum atomic E-state index is -1.29. The van der Waals surface area contributed by atoms with Gasteiger partial charge >= 0.3 is 6.09 Å². The quantitative estimate of drug-likeness (QED) is 0.164. The van der Waals surface area contributed by atoms with Crippen molar-refractivity contribution >= 4 is 47.4 Å². The van der Waals surface area contributed by atoms with Crippen molar-refractivity contribution in [3.05, 3.63) is 48.0 Å². The molecule has 2 fully saturated rings. The zero-order valence-corrected chi connectivity index (χ0v) is 28.3. The molecule has 2 aromatic carbocycles. The third kappa shape index (κ3) is 7.41. The van der Waals surface area contributed by atoms with Gasteiger partial charge in [0.05, 0.1) is 11.4 Å². The lowest BCUT2D eigenvalue weighted by Crippen LogP contribution is -2.60. The number of carbonyl (C=O) groups is 2. The van der Waals surface area contributed by atoms with Gasteiger partial charge in [0.1, 0.15) is 0 Å². The summed E-state index contributed by atoms with van der Waals surface area (Å²) in [5, 5.41) is 11.6. The van der Waals surface area contributed by atoms with Crippen LogP contribution < -0.4 is 4.90 Å². The Kier molecular flexibility index (Phi) is 12.1. The van der Waals surface area contributed by atoms with Crippen molar-refractivity contribution in [3.8, 4) is 0 Å². The molecule has 2 saturated heterocycles. The number of aliphatic hydroxyl groups is 1. The second-order valence-corrected chi connectivity index (χ2v) is 13.7. The van der Waals surface area contributed by atoms with Crippen molar-refractivity contribution < 1.29 is 19.4 Å². The molecule has 7 nitrogen and oxygen atoms in total. The molecule has 5 rings (SSSR count). The smallest absolute Gasteiger partial charge is 0.412 e. The summed E-state index contributed by atoms with van der Waals surface area (Å²) >= 11 is 1.76. The van der Waals surface area contributed by atoms with E-state index in [0.29, 0.717) is 19.4 Å². The summed E-state index contributed by atoms with van der Waals surface area (Å²) < 4.78 is 5.97. The third-order valence-corrected chi connectivity index (χ3v) is 10.8. The molecule has 0 bridgehead atoms. The molecule has 0 aliphatic carbocycles. The topological polar surface area (TPSA) is 73.3 Å². The van der Waals surface area contributed by atoms with E-state index in [1.807, 2.05) is 12.1 Å². The molecule has 3 aliphatic rings. The number of fused-ring (bicyclic) bond motifs is 2. The highest BCUT2D eigenvalue weighted by molar-refractivity contribution is 7.99. The predicted molar refractivity (Wildman–Crippen MR) is 181 cm³/mol. The van der Waals surface area contributed by atoms with Crippen LogP contribution in [-0.2, 0) is 4.74 Å². The average Bonchev–Trinajstić information content (AvgIpc) is 3.18. The number of ketones is 1. The van der Waals surface area contributed by atoms with Crippen LogP contribution in [0.15, 0.2) is 52.3 Å². The highest BCUT2D eigenvalue weighted by Crippen LogP contribution is 2.48. The van der Waals surface area contributed by atoms with Crippen LogP contribution in [0.5, 0.6) is 0 Å². The minimum absolute atomic E-state index is 0. The largest absolute Gasteiger partial charge is 0.437 e. The van der Waals surface area contributed by atoms with E-state index in [4.69, 9.17) is 4.74 Å². The van der Waals surface area contributed by atoms with Crippen LogP contribution in [0.25, 0.3) is 0 Å². The number of benzene rings is 2. The third-order valence-electron chi connectivity index (χ3n) is 9.68. The Labute approximate surface area is 274 Å². The van der Waals surface area contributed by atoms with Gasteiger partial charge in [-0.25, -0.2) is 4.79 Å². The maximum absolute atomic E-state index is 12.9. The number of halogens is 1. The summed E-state index contributed by atoms with van der Waals surface area (Å²) in [5.41, 5.74) is 0.888. The summed E-state index contributed by atoms with van der Waals surface area (Å²) in [4.78, 5) is 33.8. The van der Waals surface area contributed by atoms with E-state index in [-0.39, 0.29) is 24.3 Å². The fourth-order valence-corrected chi connectivity index (χ4v) is 7.99. The Morgan fingerprint density at radius 1 is 0.886 bits per heavy atom. The Hall–Kier alpha value is -2.26. The summed E-state index contributed by atoms with van der Waals surface area (Å²) in [6, 6.07) is 14.5. The number of anilines is 2. The highest BCUT2D eigenvalue weighted by Gasteiger charge is 2.62. The van der Waals surface area contributed by atoms with Crippen LogP contribution in [0.1, 0.15) is 102 Å². The van der Waals surface area contributed by atoms with Crippen LogP contribution in [0.4, 0.5) is 16.2 Å². The van der Waals surface area contributed by atoms with Crippen LogP contribution in [0.2, 0.25) is 0 Å². The molecule has 1 N–H and O–H groups in total. The fourth-order valence-electron chi connectivity index (χ4n) is 6.91. The number of unbranched alkanes of at least 4 members (excludes halogenated alkanes) is 7. The maximum Gasteiger partial charge on any atom is 0.412 e. The number of hydrogen-bond acceptors (Lipinski definition) is 7. The van der Waals surface area contributed by atoms with Crippen molar-refractivity contribution in [3.63, 3.8) is 0 Å². The molecule has 44 heavy (non-hydrogen) atoms. The number of piperidine rings is 1. The Bertz CT molecular complexity index is 1280. The fraction of sp³-hybridized carbons (Fsp3) is 0.600. The SMILES string of the molecule is CCCCCCCCCCN1C(=O)OC2(CCN(CCCN3c4ccccc4Sc4ccc(C(C)=O)cc43)CC2)C1(C)O.Cl. The van der Waals surface area contributed by atoms with Gasteiger partial charge in [0.15, 0.2) is 17.1 Å². The van der Waals surface area contributed by atoms with Gasteiger partial charge in [0.2, 0.25) is 0 Å². The number of carbonyl (C=O) groups excluding carboxylic acids is 2. The molecule has 242 valence electrons. The first kappa shape index (κ1) is 34.6. The monoisotopic (exact) mass is 643 g/mol. The zero-order chi connectivity index (χ0) is 30.5. The lowest BCUT2D eigenvalue weighted by molar-refractivity contribution is -0.165. The Balaban J connectivity index is 0.00000442. The number of para-hydroxylation sites is 1. The lowest BCUT2D eigenvalue weighted by Gasteiger charge is -2.45. The summed E-state index contributed by atoms with van der Waals surface area (Å²) in [6.45, 7) is 9.51. The van der Waals surface area contributed by atoms with Gasteiger partial charge in [-0.15, -0.1) is 12.4 Å². The van der Waals surface area contributed by atoms with E-state index in [1.54, 1.807) is 30.5 Å². The molecule has 0 radical (unpaired) electrons. The van der Waals surface area contributed by atoms with Crippen LogP contribution in [0, 0.1) is 0 Å². The second-order valence-electron chi connectivity index (χ2n) is 12.7. The van der Waals surface area contributed by atoms with Crippen molar-refractivity contribution in [2.75, 3.05) is 37.6 Å².